The topological polar surface area (TPSA) is 0 Å². The maximum Gasteiger partial charge on any atom is 0.419 e. The van der Waals surface area contributed by atoms with Gasteiger partial charge in [-0.3, -0.25) is 0 Å². The van der Waals surface area contributed by atoms with Crippen molar-refractivity contribution in [3.05, 3.63) is 35.1 Å². The molecule has 0 amide bonds. The first-order valence-corrected chi connectivity index (χ1v) is 15.2. The number of rotatable bonds is 14. The molecule has 0 atom stereocenters. The number of alkyl halides is 3. The lowest BCUT2D eigenvalue weighted by molar-refractivity contribution is -0.140. The van der Waals surface area contributed by atoms with Crippen LogP contribution in [0.3, 0.4) is 0 Å². The van der Waals surface area contributed by atoms with E-state index in [-0.39, 0.29) is 5.92 Å². The van der Waals surface area contributed by atoms with Crippen LogP contribution in [0, 0.1) is 23.6 Å². The number of unbranched alkanes of at least 4 members (excludes halogenated alkanes) is 10. The first-order valence-electron chi connectivity index (χ1n) is 15.2. The van der Waals surface area contributed by atoms with Gasteiger partial charge in [-0.2, -0.15) is 13.2 Å². The van der Waals surface area contributed by atoms with Crippen LogP contribution in [-0.2, 0) is 6.18 Å². The molecule has 206 valence electrons. The van der Waals surface area contributed by atoms with E-state index in [2.05, 4.69) is 6.92 Å². The van der Waals surface area contributed by atoms with Gasteiger partial charge in [0.05, 0.1) is 5.56 Å². The average Bonchev–Trinajstić information content (AvgIpc) is 2.87. The van der Waals surface area contributed by atoms with Crippen molar-refractivity contribution in [1.29, 1.82) is 0 Å². The highest BCUT2D eigenvalue weighted by Crippen LogP contribution is 2.45. The number of benzene rings is 1. The molecule has 0 aliphatic heterocycles. The highest BCUT2D eigenvalue weighted by molar-refractivity contribution is 5.30. The first kappa shape index (κ1) is 29.5. The van der Waals surface area contributed by atoms with Crippen LogP contribution in [-0.4, -0.2) is 0 Å². The summed E-state index contributed by atoms with van der Waals surface area (Å²) in [6, 6.07) is 3.62. The first-order chi connectivity index (χ1) is 17.4. The summed E-state index contributed by atoms with van der Waals surface area (Å²) in [7, 11) is 0. The molecule has 0 saturated heterocycles. The van der Waals surface area contributed by atoms with Gasteiger partial charge in [0, 0.05) is 0 Å². The summed E-state index contributed by atoms with van der Waals surface area (Å²) < 4.78 is 52.9. The summed E-state index contributed by atoms with van der Waals surface area (Å²) >= 11 is 0. The van der Waals surface area contributed by atoms with Crippen molar-refractivity contribution in [2.75, 3.05) is 0 Å². The summed E-state index contributed by atoms with van der Waals surface area (Å²) in [5.41, 5.74) is -0.448. The van der Waals surface area contributed by atoms with Gasteiger partial charge in [-0.15, -0.1) is 0 Å². The summed E-state index contributed by atoms with van der Waals surface area (Å²) in [4.78, 5) is 0. The van der Waals surface area contributed by atoms with E-state index < -0.39 is 17.6 Å². The molecular weight excluding hydrogens is 460 g/mol. The van der Waals surface area contributed by atoms with Crippen LogP contribution >= 0.6 is 0 Å². The lowest BCUT2D eigenvalue weighted by Gasteiger charge is -2.38. The molecule has 1 aromatic carbocycles. The van der Waals surface area contributed by atoms with E-state index in [0.717, 1.165) is 55.6 Å². The largest absolute Gasteiger partial charge is 0.419 e. The van der Waals surface area contributed by atoms with E-state index in [1.54, 1.807) is 6.07 Å². The molecule has 0 unspecified atom stereocenters. The van der Waals surface area contributed by atoms with Crippen molar-refractivity contribution in [2.24, 2.45) is 17.8 Å². The van der Waals surface area contributed by atoms with Crippen molar-refractivity contribution in [3.63, 3.8) is 0 Å². The molecule has 2 aliphatic carbocycles. The van der Waals surface area contributed by atoms with Gasteiger partial charge in [-0.05, 0) is 79.9 Å². The maximum absolute atomic E-state index is 13.7. The standard InChI is InChI=1S/C32H50F4/c1-2-3-4-5-6-7-8-9-10-11-12-13-25-14-16-26(17-15-25)27-18-20-28(21-19-27)29-22-23-31(33)30(24-29)32(34,35)36/h22-28H,2-21H2,1H3. The Morgan fingerprint density at radius 2 is 1.17 bits per heavy atom. The molecule has 0 bridgehead atoms. The van der Waals surface area contributed by atoms with Gasteiger partial charge in [0.1, 0.15) is 5.82 Å². The Morgan fingerprint density at radius 1 is 0.667 bits per heavy atom. The Labute approximate surface area is 218 Å². The number of hydrogen-bond donors (Lipinski definition) is 0. The summed E-state index contributed by atoms with van der Waals surface area (Å²) in [5.74, 6) is 1.42. The monoisotopic (exact) mass is 510 g/mol. The van der Waals surface area contributed by atoms with Crippen LogP contribution in [0.15, 0.2) is 18.2 Å². The zero-order valence-electron chi connectivity index (χ0n) is 22.7. The van der Waals surface area contributed by atoms with Crippen LogP contribution in [0.4, 0.5) is 17.6 Å². The molecular formula is C32H50F4. The van der Waals surface area contributed by atoms with E-state index in [1.807, 2.05) is 0 Å². The van der Waals surface area contributed by atoms with Gasteiger partial charge in [0.25, 0.3) is 0 Å². The van der Waals surface area contributed by atoms with E-state index in [4.69, 9.17) is 0 Å². The van der Waals surface area contributed by atoms with Gasteiger partial charge in [-0.25, -0.2) is 4.39 Å². The van der Waals surface area contributed by atoms with Crippen LogP contribution in [0.25, 0.3) is 0 Å². The Kier molecular flexibility index (Phi) is 12.6. The lowest BCUT2D eigenvalue weighted by atomic mass is 9.68. The predicted molar refractivity (Wildman–Crippen MR) is 143 cm³/mol. The van der Waals surface area contributed by atoms with Crippen LogP contribution in [0.2, 0.25) is 0 Å². The Balaban J connectivity index is 1.25. The number of hydrogen-bond acceptors (Lipinski definition) is 0. The minimum Gasteiger partial charge on any atom is -0.206 e. The molecule has 1 aromatic rings. The van der Waals surface area contributed by atoms with Gasteiger partial charge in [-0.1, -0.05) is 103 Å². The molecule has 3 rings (SSSR count). The van der Waals surface area contributed by atoms with Crippen molar-refractivity contribution in [2.45, 2.75) is 147 Å². The molecule has 2 aliphatic rings. The fourth-order valence-corrected chi connectivity index (χ4v) is 6.98. The molecule has 0 N–H and O–H groups in total. The second-order valence-electron chi connectivity index (χ2n) is 12.0. The summed E-state index contributed by atoms with van der Waals surface area (Å²) in [5, 5.41) is 0. The Bertz CT molecular complexity index is 724. The fraction of sp³-hybridized carbons (Fsp3) is 0.812. The molecule has 0 radical (unpaired) electrons. The molecule has 0 aromatic heterocycles. The molecule has 2 fully saturated rings. The highest BCUT2D eigenvalue weighted by Gasteiger charge is 2.36. The van der Waals surface area contributed by atoms with E-state index in [0.29, 0.717) is 5.56 Å². The lowest BCUT2D eigenvalue weighted by Crippen LogP contribution is -2.25. The predicted octanol–water partition coefficient (Wildman–Crippen LogP) is 11.6. The molecule has 0 nitrogen and oxygen atoms in total. The van der Waals surface area contributed by atoms with Crippen LogP contribution in [0.1, 0.15) is 152 Å². The SMILES string of the molecule is CCCCCCCCCCCCCC1CCC(C2CCC(c3ccc(F)c(C(F)(F)F)c3)CC2)CC1. The zero-order valence-corrected chi connectivity index (χ0v) is 22.7. The van der Waals surface area contributed by atoms with E-state index in [1.165, 1.54) is 103 Å². The summed E-state index contributed by atoms with van der Waals surface area (Å²) in [6.07, 6.45) is 21.8. The molecule has 36 heavy (non-hydrogen) atoms. The van der Waals surface area contributed by atoms with Crippen molar-refractivity contribution in [1.82, 2.24) is 0 Å². The highest BCUT2D eigenvalue weighted by atomic mass is 19.4. The third-order valence-electron chi connectivity index (χ3n) is 9.31. The van der Waals surface area contributed by atoms with E-state index >= 15 is 0 Å². The molecule has 2 saturated carbocycles. The van der Waals surface area contributed by atoms with Crippen LogP contribution in [0.5, 0.6) is 0 Å². The van der Waals surface area contributed by atoms with Gasteiger partial charge in [0.2, 0.25) is 0 Å². The smallest absolute Gasteiger partial charge is 0.206 e. The third kappa shape index (κ3) is 9.67. The molecule has 0 spiro atoms. The minimum absolute atomic E-state index is 0.139. The van der Waals surface area contributed by atoms with Gasteiger partial charge < -0.3 is 0 Å². The average molecular weight is 511 g/mol. The van der Waals surface area contributed by atoms with Crippen molar-refractivity contribution < 1.29 is 17.6 Å². The zero-order chi connectivity index (χ0) is 25.8. The van der Waals surface area contributed by atoms with E-state index in [9.17, 15) is 17.6 Å². The van der Waals surface area contributed by atoms with Crippen LogP contribution < -0.4 is 0 Å². The summed E-state index contributed by atoms with van der Waals surface area (Å²) in [6.45, 7) is 2.28. The van der Waals surface area contributed by atoms with Crippen molar-refractivity contribution >= 4 is 0 Å². The quantitative estimate of drug-likeness (QED) is 0.172. The second kappa shape index (κ2) is 15.4. The fourth-order valence-electron chi connectivity index (χ4n) is 6.98. The maximum atomic E-state index is 13.7. The molecule has 4 heteroatoms. The van der Waals surface area contributed by atoms with Gasteiger partial charge in [0.15, 0.2) is 0 Å². The van der Waals surface area contributed by atoms with Crippen molar-refractivity contribution in [3.8, 4) is 0 Å². The normalized spacial score (nSPS) is 25.2. The minimum atomic E-state index is -4.62. The van der Waals surface area contributed by atoms with Gasteiger partial charge >= 0.3 is 6.18 Å². The Morgan fingerprint density at radius 3 is 1.69 bits per heavy atom. The molecule has 0 heterocycles. The number of halogens is 4. The third-order valence-corrected chi connectivity index (χ3v) is 9.31. The second-order valence-corrected chi connectivity index (χ2v) is 12.0. The Hall–Kier alpha value is -1.06.